The van der Waals surface area contributed by atoms with Crippen LogP contribution in [-0.4, -0.2) is 7.05 Å². The standard InChI is InChI=1S/C9H11N.C2H6/c1-8-5-3-4-6-9(8)7-10-2;1-2/h4,6,10H,7H2,1-2H3;1-2H3. The molecule has 0 aromatic heterocycles. The first-order chi connectivity index (χ1) is 5.84. The zero-order valence-corrected chi connectivity index (χ0v) is 8.36. The predicted molar refractivity (Wildman–Crippen MR) is 53.0 cm³/mol. The van der Waals surface area contributed by atoms with E-state index in [1.807, 2.05) is 33.9 Å². The van der Waals surface area contributed by atoms with E-state index in [1.165, 1.54) is 11.1 Å². The Morgan fingerprint density at radius 2 is 2.08 bits per heavy atom. The summed E-state index contributed by atoms with van der Waals surface area (Å²) in [6.45, 7) is 6.96. The van der Waals surface area contributed by atoms with Crippen LogP contribution >= 0.6 is 0 Å². The summed E-state index contributed by atoms with van der Waals surface area (Å²) in [5.74, 6) is 0. The van der Waals surface area contributed by atoms with Crippen LogP contribution in [0.3, 0.4) is 0 Å². The average molecular weight is 163 g/mol. The van der Waals surface area contributed by atoms with Gasteiger partial charge < -0.3 is 5.32 Å². The lowest BCUT2D eigenvalue weighted by molar-refractivity contribution is 0.812. The van der Waals surface area contributed by atoms with Crippen molar-refractivity contribution in [2.24, 2.45) is 0 Å². The van der Waals surface area contributed by atoms with Crippen LogP contribution in [-0.2, 0) is 6.54 Å². The van der Waals surface area contributed by atoms with E-state index in [-0.39, 0.29) is 0 Å². The van der Waals surface area contributed by atoms with Gasteiger partial charge in [-0.1, -0.05) is 26.0 Å². The Balaban J connectivity index is 0.000000561. The SMILES string of the molecule is CC.CNCc1ccc#cc1C. The molecule has 1 rings (SSSR count). The van der Waals surface area contributed by atoms with E-state index in [0.29, 0.717) is 0 Å². The lowest BCUT2D eigenvalue weighted by Gasteiger charge is -1.99. The Morgan fingerprint density at radius 1 is 1.42 bits per heavy atom. The van der Waals surface area contributed by atoms with Gasteiger partial charge in [-0.05, 0) is 31.7 Å². The summed E-state index contributed by atoms with van der Waals surface area (Å²) < 4.78 is 0. The third-order valence-corrected chi connectivity index (χ3v) is 1.48. The summed E-state index contributed by atoms with van der Waals surface area (Å²) in [5.41, 5.74) is 2.47. The molecule has 0 amide bonds. The van der Waals surface area contributed by atoms with Gasteiger partial charge in [0.1, 0.15) is 0 Å². The molecule has 0 aliphatic rings. The molecule has 0 fully saturated rings. The molecule has 0 saturated heterocycles. The van der Waals surface area contributed by atoms with Gasteiger partial charge in [0, 0.05) is 12.1 Å². The van der Waals surface area contributed by atoms with Gasteiger partial charge in [0.05, 0.1) is 0 Å². The van der Waals surface area contributed by atoms with Crippen molar-refractivity contribution in [2.75, 3.05) is 7.05 Å². The fraction of sp³-hybridized carbons (Fsp3) is 0.455. The van der Waals surface area contributed by atoms with Crippen LogP contribution < -0.4 is 5.32 Å². The molecule has 12 heavy (non-hydrogen) atoms. The second kappa shape index (κ2) is 6.69. The van der Waals surface area contributed by atoms with Crippen molar-refractivity contribution in [2.45, 2.75) is 27.3 Å². The lowest BCUT2D eigenvalue weighted by atomic mass is 10.1. The quantitative estimate of drug-likeness (QED) is 0.705. The summed E-state index contributed by atoms with van der Waals surface area (Å²) in [6.07, 6.45) is 0. The van der Waals surface area contributed by atoms with E-state index in [9.17, 15) is 0 Å². The minimum Gasteiger partial charge on any atom is -0.316 e. The van der Waals surface area contributed by atoms with Gasteiger partial charge in [-0.15, -0.1) is 0 Å². The van der Waals surface area contributed by atoms with Crippen molar-refractivity contribution in [1.29, 1.82) is 0 Å². The first kappa shape index (κ1) is 11.0. The van der Waals surface area contributed by atoms with Gasteiger partial charge >= 0.3 is 0 Å². The highest BCUT2D eigenvalue weighted by Gasteiger charge is 1.91. The van der Waals surface area contributed by atoms with Crippen molar-refractivity contribution in [3.8, 4) is 0 Å². The topological polar surface area (TPSA) is 12.0 Å². The molecule has 1 N–H and O–H groups in total. The van der Waals surface area contributed by atoms with E-state index < -0.39 is 0 Å². The highest BCUT2D eigenvalue weighted by molar-refractivity contribution is 5.20. The van der Waals surface area contributed by atoms with E-state index in [2.05, 4.69) is 23.5 Å². The summed E-state index contributed by atoms with van der Waals surface area (Å²) in [6, 6.07) is 9.87. The summed E-state index contributed by atoms with van der Waals surface area (Å²) in [4.78, 5) is 0. The fourth-order valence-corrected chi connectivity index (χ4v) is 0.879. The normalized spacial score (nSPS) is 8.00. The number of hydrogen-bond acceptors (Lipinski definition) is 1. The van der Waals surface area contributed by atoms with E-state index in [0.717, 1.165) is 6.54 Å². The Hall–Kier alpha value is -1.00. The van der Waals surface area contributed by atoms with E-state index >= 15 is 0 Å². The van der Waals surface area contributed by atoms with Crippen molar-refractivity contribution in [3.63, 3.8) is 0 Å². The van der Waals surface area contributed by atoms with Gasteiger partial charge in [0.2, 0.25) is 0 Å². The lowest BCUT2D eigenvalue weighted by Crippen LogP contribution is -2.05. The first-order valence-electron chi connectivity index (χ1n) is 4.37. The zero-order valence-electron chi connectivity index (χ0n) is 8.36. The molecule has 1 nitrogen and oxygen atoms in total. The average Bonchev–Trinajstić information content (AvgIpc) is 2.13. The van der Waals surface area contributed by atoms with Crippen LogP contribution in [0.2, 0.25) is 0 Å². The largest absolute Gasteiger partial charge is 0.316 e. The third-order valence-electron chi connectivity index (χ3n) is 1.48. The second-order valence-electron chi connectivity index (χ2n) is 2.28. The molecule has 1 aromatic carbocycles. The van der Waals surface area contributed by atoms with Crippen LogP contribution in [0, 0.1) is 19.1 Å². The van der Waals surface area contributed by atoms with Crippen molar-refractivity contribution >= 4 is 0 Å². The number of hydrogen-bond donors (Lipinski definition) is 1. The maximum absolute atomic E-state index is 3.09. The molecule has 0 heterocycles. The van der Waals surface area contributed by atoms with Crippen molar-refractivity contribution in [1.82, 2.24) is 5.32 Å². The van der Waals surface area contributed by atoms with Gasteiger partial charge in [0.25, 0.3) is 0 Å². The molecule has 0 unspecified atom stereocenters. The minimum atomic E-state index is 0.914. The van der Waals surface area contributed by atoms with Gasteiger partial charge in [-0.25, -0.2) is 0 Å². The van der Waals surface area contributed by atoms with Crippen molar-refractivity contribution in [3.05, 3.63) is 35.4 Å². The highest BCUT2D eigenvalue weighted by Crippen LogP contribution is 2.01. The summed E-state index contributed by atoms with van der Waals surface area (Å²) in [7, 11) is 1.94. The Morgan fingerprint density at radius 3 is 2.58 bits per heavy atom. The van der Waals surface area contributed by atoms with E-state index in [1.54, 1.807) is 0 Å². The third kappa shape index (κ3) is 3.41. The molecule has 0 saturated carbocycles. The van der Waals surface area contributed by atoms with Gasteiger partial charge in [0.15, 0.2) is 0 Å². The molecule has 66 valence electrons. The van der Waals surface area contributed by atoms with Crippen LogP contribution in [0.1, 0.15) is 25.0 Å². The Labute approximate surface area is 75.8 Å². The molecule has 0 spiro atoms. The fourth-order valence-electron chi connectivity index (χ4n) is 0.879. The first-order valence-corrected chi connectivity index (χ1v) is 4.37. The molecule has 1 aromatic rings. The van der Waals surface area contributed by atoms with Crippen LogP contribution in [0.5, 0.6) is 0 Å². The van der Waals surface area contributed by atoms with Crippen molar-refractivity contribution < 1.29 is 0 Å². The smallest absolute Gasteiger partial charge is 0.0211 e. The van der Waals surface area contributed by atoms with E-state index in [4.69, 9.17) is 0 Å². The monoisotopic (exact) mass is 163 g/mol. The molecule has 0 radical (unpaired) electrons. The molecular weight excluding hydrogens is 146 g/mol. The second-order valence-corrected chi connectivity index (χ2v) is 2.28. The number of nitrogens with one attached hydrogen (secondary N) is 1. The molecule has 1 heteroatoms. The molecular formula is C11H17N. The Bertz CT molecular complexity index is 206. The predicted octanol–water partition coefficient (Wildman–Crippen LogP) is 2.34. The molecule has 0 aliphatic carbocycles. The zero-order chi connectivity index (χ0) is 9.40. The minimum absolute atomic E-state index is 0.914. The van der Waals surface area contributed by atoms with Crippen LogP contribution in [0.4, 0.5) is 0 Å². The maximum Gasteiger partial charge on any atom is 0.0211 e. The summed E-state index contributed by atoms with van der Waals surface area (Å²) in [5, 5.41) is 3.09. The molecule has 0 aliphatic heterocycles. The molecule has 0 bridgehead atoms. The Kier molecular flexibility index (Phi) is 6.14. The summed E-state index contributed by atoms with van der Waals surface area (Å²) >= 11 is 0. The molecule has 0 atom stereocenters. The maximum atomic E-state index is 3.09. The number of rotatable bonds is 2. The van der Waals surface area contributed by atoms with Gasteiger partial charge in [-0.2, -0.15) is 0 Å². The van der Waals surface area contributed by atoms with Crippen LogP contribution in [0.15, 0.2) is 12.1 Å². The van der Waals surface area contributed by atoms with Crippen LogP contribution in [0.25, 0.3) is 0 Å². The van der Waals surface area contributed by atoms with Gasteiger partial charge in [-0.3, -0.25) is 0 Å². The highest BCUT2D eigenvalue weighted by atomic mass is 14.8.